The summed E-state index contributed by atoms with van der Waals surface area (Å²) < 4.78 is 41.9. The Morgan fingerprint density at radius 2 is 2.09 bits per heavy atom. The lowest BCUT2D eigenvalue weighted by Crippen LogP contribution is -2.48. The van der Waals surface area contributed by atoms with Crippen molar-refractivity contribution in [1.82, 2.24) is 15.3 Å². The van der Waals surface area contributed by atoms with Crippen molar-refractivity contribution in [2.75, 3.05) is 29.9 Å². The predicted molar refractivity (Wildman–Crippen MR) is 112 cm³/mol. The minimum Gasteiger partial charge on any atom is -0.468 e. The Balaban J connectivity index is 1.61. The number of anilines is 2. The zero-order chi connectivity index (χ0) is 23.1. The topological polar surface area (TPSA) is 96.5 Å². The monoisotopic (exact) mass is 451 g/mol. The van der Waals surface area contributed by atoms with Gasteiger partial charge in [0.25, 0.3) is 5.91 Å². The number of nitrogens with one attached hydrogen (secondary N) is 2. The van der Waals surface area contributed by atoms with E-state index >= 15 is 0 Å². The molecule has 3 rings (SSSR count). The average Bonchev–Trinajstić information content (AvgIpc) is 2.77. The van der Waals surface area contributed by atoms with Gasteiger partial charge in [0.2, 0.25) is 11.8 Å². The van der Waals surface area contributed by atoms with Crippen molar-refractivity contribution in [1.29, 1.82) is 0 Å². The Hall–Kier alpha value is -3.37. The highest BCUT2D eigenvalue weighted by atomic mass is 19.4. The SMILES string of the molecule is CCC(=O)Nc1cc(C(=O)NC2CCCN(c3cccc(OCC(F)(F)F)n3)C2)ccn1. The molecule has 1 unspecified atom stereocenters. The van der Waals surface area contributed by atoms with Gasteiger partial charge in [0.1, 0.15) is 11.6 Å². The number of hydrogen-bond acceptors (Lipinski definition) is 6. The van der Waals surface area contributed by atoms with Crippen LogP contribution in [0.4, 0.5) is 24.8 Å². The van der Waals surface area contributed by atoms with Gasteiger partial charge in [0, 0.05) is 43.4 Å². The first kappa shape index (κ1) is 23.3. The van der Waals surface area contributed by atoms with Crippen molar-refractivity contribution in [2.45, 2.75) is 38.4 Å². The molecule has 1 saturated heterocycles. The molecular weight excluding hydrogens is 427 g/mol. The van der Waals surface area contributed by atoms with E-state index < -0.39 is 12.8 Å². The zero-order valence-electron chi connectivity index (χ0n) is 17.5. The summed E-state index contributed by atoms with van der Waals surface area (Å²) in [4.78, 5) is 34.3. The summed E-state index contributed by atoms with van der Waals surface area (Å²) in [7, 11) is 0. The van der Waals surface area contributed by atoms with Gasteiger partial charge in [0.05, 0.1) is 0 Å². The first-order valence-corrected chi connectivity index (χ1v) is 10.2. The molecule has 0 aromatic carbocycles. The average molecular weight is 451 g/mol. The number of carbonyl (C=O) groups excluding carboxylic acids is 2. The maximum Gasteiger partial charge on any atom is 0.422 e. The number of nitrogens with zero attached hydrogens (tertiary/aromatic N) is 3. The van der Waals surface area contributed by atoms with Crippen LogP contribution in [0.25, 0.3) is 0 Å². The van der Waals surface area contributed by atoms with Crippen LogP contribution in [0.1, 0.15) is 36.5 Å². The van der Waals surface area contributed by atoms with Gasteiger partial charge in [-0.3, -0.25) is 9.59 Å². The summed E-state index contributed by atoms with van der Waals surface area (Å²) in [5.74, 6) is 0.171. The molecule has 11 heteroatoms. The summed E-state index contributed by atoms with van der Waals surface area (Å²) in [6.07, 6.45) is -1.17. The van der Waals surface area contributed by atoms with Crippen molar-refractivity contribution in [2.24, 2.45) is 0 Å². The lowest BCUT2D eigenvalue weighted by molar-refractivity contribution is -0.154. The fourth-order valence-corrected chi connectivity index (χ4v) is 3.26. The minimum atomic E-state index is -4.44. The number of halogens is 3. The largest absolute Gasteiger partial charge is 0.468 e. The van der Waals surface area contributed by atoms with E-state index in [2.05, 4.69) is 20.6 Å². The lowest BCUT2D eigenvalue weighted by atomic mass is 10.0. The van der Waals surface area contributed by atoms with Gasteiger partial charge in [-0.05, 0) is 31.0 Å². The Labute approximate surface area is 183 Å². The summed E-state index contributed by atoms with van der Waals surface area (Å²) >= 11 is 0. The fraction of sp³-hybridized carbons (Fsp3) is 0.429. The molecule has 1 aliphatic rings. The predicted octanol–water partition coefficient (Wildman–Crippen LogP) is 3.17. The van der Waals surface area contributed by atoms with Crippen LogP contribution in [-0.2, 0) is 4.79 Å². The maximum atomic E-state index is 12.7. The second-order valence-electron chi connectivity index (χ2n) is 7.33. The van der Waals surface area contributed by atoms with Crippen LogP contribution in [-0.4, -0.2) is 53.7 Å². The molecule has 0 spiro atoms. The van der Waals surface area contributed by atoms with Crippen molar-refractivity contribution >= 4 is 23.5 Å². The lowest BCUT2D eigenvalue weighted by Gasteiger charge is -2.34. The molecule has 1 atom stereocenters. The molecular formula is C21H24F3N5O3. The van der Waals surface area contributed by atoms with E-state index in [0.29, 0.717) is 36.7 Å². The molecule has 2 amide bonds. The standard InChI is InChI=1S/C21H24F3N5O3/c1-2-18(30)27-16-11-14(8-9-25-16)20(31)26-15-5-4-10-29(12-15)17-6-3-7-19(28-17)32-13-21(22,23)24/h3,6-9,11,15H,2,4-5,10,12-13H2,1H3,(H,26,31)(H,25,27,30). The van der Waals surface area contributed by atoms with E-state index in [4.69, 9.17) is 4.74 Å². The molecule has 32 heavy (non-hydrogen) atoms. The highest BCUT2D eigenvalue weighted by molar-refractivity contribution is 5.96. The number of carbonyl (C=O) groups is 2. The minimum absolute atomic E-state index is 0.107. The van der Waals surface area contributed by atoms with Gasteiger partial charge in [-0.1, -0.05) is 13.0 Å². The number of rotatable bonds is 7. The Kier molecular flexibility index (Phi) is 7.49. The number of piperidine rings is 1. The van der Waals surface area contributed by atoms with Crippen LogP contribution < -0.4 is 20.3 Å². The van der Waals surface area contributed by atoms with Crippen molar-refractivity contribution < 1.29 is 27.5 Å². The first-order valence-electron chi connectivity index (χ1n) is 10.2. The molecule has 0 saturated carbocycles. The fourth-order valence-electron chi connectivity index (χ4n) is 3.26. The molecule has 172 valence electrons. The van der Waals surface area contributed by atoms with E-state index in [9.17, 15) is 22.8 Å². The molecule has 0 radical (unpaired) electrons. The van der Waals surface area contributed by atoms with Crippen LogP contribution in [0.15, 0.2) is 36.5 Å². The van der Waals surface area contributed by atoms with E-state index in [1.54, 1.807) is 25.1 Å². The van der Waals surface area contributed by atoms with Gasteiger partial charge in [0.15, 0.2) is 6.61 Å². The van der Waals surface area contributed by atoms with E-state index in [1.165, 1.54) is 18.3 Å². The third-order valence-electron chi connectivity index (χ3n) is 4.78. The third-order valence-corrected chi connectivity index (χ3v) is 4.78. The molecule has 3 heterocycles. The van der Waals surface area contributed by atoms with Gasteiger partial charge in [-0.25, -0.2) is 4.98 Å². The van der Waals surface area contributed by atoms with Gasteiger partial charge in [-0.15, -0.1) is 0 Å². The second kappa shape index (κ2) is 10.3. The van der Waals surface area contributed by atoms with Gasteiger partial charge < -0.3 is 20.3 Å². The number of hydrogen-bond donors (Lipinski definition) is 2. The highest BCUT2D eigenvalue weighted by Gasteiger charge is 2.29. The summed E-state index contributed by atoms with van der Waals surface area (Å²) in [6, 6.07) is 7.53. The van der Waals surface area contributed by atoms with Crippen LogP contribution in [0, 0.1) is 0 Å². The Bertz CT molecular complexity index is 954. The molecule has 1 aliphatic heterocycles. The summed E-state index contributed by atoms with van der Waals surface area (Å²) in [6.45, 7) is 1.42. The molecule has 0 bridgehead atoms. The first-order chi connectivity index (χ1) is 15.2. The number of alkyl halides is 3. The van der Waals surface area contributed by atoms with E-state index in [1.807, 2.05) is 4.90 Å². The summed E-state index contributed by atoms with van der Waals surface area (Å²) in [5.41, 5.74) is 0.365. The Morgan fingerprint density at radius 3 is 2.84 bits per heavy atom. The van der Waals surface area contributed by atoms with Crippen LogP contribution in [0.5, 0.6) is 5.88 Å². The molecule has 2 aromatic heterocycles. The van der Waals surface area contributed by atoms with Crippen molar-refractivity contribution in [3.8, 4) is 5.88 Å². The number of pyridine rings is 2. The van der Waals surface area contributed by atoms with E-state index in [-0.39, 0.29) is 23.7 Å². The van der Waals surface area contributed by atoms with Gasteiger partial charge in [-0.2, -0.15) is 18.2 Å². The molecule has 0 aliphatic carbocycles. The van der Waals surface area contributed by atoms with Crippen LogP contribution >= 0.6 is 0 Å². The quantitative estimate of drug-likeness (QED) is 0.671. The zero-order valence-corrected chi connectivity index (χ0v) is 17.5. The highest BCUT2D eigenvalue weighted by Crippen LogP contribution is 2.22. The molecule has 8 nitrogen and oxygen atoms in total. The molecule has 2 N–H and O–H groups in total. The number of aromatic nitrogens is 2. The van der Waals surface area contributed by atoms with Gasteiger partial charge >= 0.3 is 6.18 Å². The maximum absolute atomic E-state index is 12.7. The smallest absolute Gasteiger partial charge is 0.422 e. The Morgan fingerprint density at radius 1 is 1.28 bits per heavy atom. The normalized spacial score (nSPS) is 16.4. The van der Waals surface area contributed by atoms with Crippen molar-refractivity contribution in [3.05, 3.63) is 42.1 Å². The number of ether oxygens (including phenoxy) is 1. The second-order valence-corrected chi connectivity index (χ2v) is 7.33. The van der Waals surface area contributed by atoms with Crippen molar-refractivity contribution in [3.63, 3.8) is 0 Å². The summed E-state index contributed by atoms with van der Waals surface area (Å²) in [5, 5.41) is 5.58. The molecule has 2 aromatic rings. The van der Waals surface area contributed by atoms with E-state index in [0.717, 1.165) is 12.8 Å². The molecule has 1 fully saturated rings. The van der Waals surface area contributed by atoms with Crippen LogP contribution in [0.2, 0.25) is 0 Å². The van der Waals surface area contributed by atoms with Crippen LogP contribution in [0.3, 0.4) is 0 Å². The third kappa shape index (κ3) is 6.82. The number of amides is 2.